The summed E-state index contributed by atoms with van der Waals surface area (Å²) < 4.78 is 13.0. The molecule has 6 nitrogen and oxygen atoms in total. The van der Waals surface area contributed by atoms with Crippen molar-refractivity contribution in [1.29, 1.82) is 0 Å². The van der Waals surface area contributed by atoms with Crippen LogP contribution in [0.15, 0.2) is 60.0 Å². The van der Waals surface area contributed by atoms with E-state index in [1.54, 1.807) is 24.4 Å². The quantitative estimate of drug-likeness (QED) is 0.424. The largest absolute Gasteiger partial charge is 0.493 e. The third kappa shape index (κ3) is 5.40. The van der Waals surface area contributed by atoms with Gasteiger partial charge < -0.3 is 14.6 Å². The van der Waals surface area contributed by atoms with Gasteiger partial charge in [-0.05, 0) is 49.7 Å². The number of ketones is 1. The number of ether oxygens (including phenoxy) is 2. The van der Waals surface area contributed by atoms with Crippen LogP contribution in [0.4, 0.5) is 0 Å². The molecule has 7 heteroatoms. The first-order chi connectivity index (χ1) is 14.0. The number of aromatic nitrogens is 2. The minimum atomic E-state index is -0.695. The van der Waals surface area contributed by atoms with Crippen LogP contribution in [-0.2, 0) is 0 Å². The Morgan fingerprint density at radius 3 is 2.79 bits per heavy atom. The number of Topliss-reactive ketones (excluding diaryl/α,β-unsaturated/α-hetero) is 1. The number of carbonyl (C=O) groups is 1. The molecule has 0 fully saturated rings. The van der Waals surface area contributed by atoms with Crippen molar-refractivity contribution in [3.8, 4) is 17.2 Å². The molecular formula is C22H24N2O4S. The topological polar surface area (TPSA) is 73.6 Å². The van der Waals surface area contributed by atoms with Gasteiger partial charge in [0.05, 0.1) is 13.2 Å². The molecule has 1 unspecified atom stereocenters. The molecule has 3 rings (SSSR count). The van der Waals surface area contributed by atoms with Gasteiger partial charge >= 0.3 is 0 Å². The van der Waals surface area contributed by atoms with Crippen LogP contribution in [0.5, 0.6) is 11.5 Å². The molecule has 29 heavy (non-hydrogen) atoms. The lowest BCUT2D eigenvalue weighted by Gasteiger charge is -2.15. The number of methoxy groups -OCH3 is 1. The van der Waals surface area contributed by atoms with Gasteiger partial charge in [0.1, 0.15) is 6.61 Å². The number of aliphatic hydroxyl groups is 1. The Hall–Kier alpha value is -2.77. The van der Waals surface area contributed by atoms with E-state index in [0.29, 0.717) is 22.8 Å². The molecule has 0 aliphatic rings. The van der Waals surface area contributed by atoms with Gasteiger partial charge in [-0.1, -0.05) is 23.9 Å². The maximum absolute atomic E-state index is 11.5. The predicted molar refractivity (Wildman–Crippen MR) is 114 cm³/mol. The zero-order valence-electron chi connectivity index (χ0n) is 16.7. The summed E-state index contributed by atoms with van der Waals surface area (Å²) in [6.45, 7) is 3.65. The van der Waals surface area contributed by atoms with E-state index in [9.17, 15) is 9.90 Å². The van der Waals surface area contributed by atoms with Gasteiger partial charge in [0.25, 0.3) is 0 Å². The lowest BCUT2D eigenvalue weighted by molar-refractivity contribution is 0.101. The molecule has 0 saturated heterocycles. The Bertz CT molecular complexity index is 986. The number of benzene rings is 2. The third-order valence-electron chi connectivity index (χ3n) is 4.29. The molecule has 3 aromatic rings. The molecule has 1 aromatic heterocycles. The normalized spacial score (nSPS) is 11.9. The van der Waals surface area contributed by atoms with Crippen LogP contribution in [0.1, 0.15) is 22.8 Å². The van der Waals surface area contributed by atoms with Crippen molar-refractivity contribution in [2.75, 3.05) is 19.5 Å². The Kier molecular flexibility index (Phi) is 6.95. The smallest absolute Gasteiger partial charge is 0.172 e. The summed E-state index contributed by atoms with van der Waals surface area (Å²) in [6, 6.07) is 13.2. The van der Waals surface area contributed by atoms with Gasteiger partial charge in [0.15, 0.2) is 22.4 Å². The summed E-state index contributed by atoms with van der Waals surface area (Å²) >= 11 is 1.46. The average molecular weight is 413 g/mol. The van der Waals surface area contributed by atoms with Crippen molar-refractivity contribution in [2.45, 2.75) is 25.1 Å². The summed E-state index contributed by atoms with van der Waals surface area (Å²) in [5, 5.41) is 11.1. The number of aryl methyl sites for hydroxylation is 1. The van der Waals surface area contributed by atoms with E-state index in [4.69, 9.17) is 9.47 Å². The number of thioether (sulfide) groups is 1. The zero-order chi connectivity index (χ0) is 20.8. The molecule has 0 spiro atoms. The van der Waals surface area contributed by atoms with Gasteiger partial charge in [-0.15, -0.1) is 0 Å². The molecule has 2 aromatic carbocycles. The number of nitrogens with zero attached hydrogens (tertiary/aromatic N) is 2. The Labute approximate surface area is 174 Å². The Balaban J connectivity index is 1.58. The van der Waals surface area contributed by atoms with E-state index in [2.05, 4.69) is 11.1 Å². The van der Waals surface area contributed by atoms with E-state index < -0.39 is 6.10 Å². The molecule has 1 atom stereocenters. The van der Waals surface area contributed by atoms with Crippen LogP contribution in [0.2, 0.25) is 0 Å². The summed E-state index contributed by atoms with van der Waals surface area (Å²) in [7, 11) is 1.52. The van der Waals surface area contributed by atoms with E-state index in [1.165, 1.54) is 31.4 Å². The van der Waals surface area contributed by atoms with Crippen LogP contribution in [-0.4, -0.2) is 46.0 Å². The van der Waals surface area contributed by atoms with Gasteiger partial charge in [-0.2, -0.15) is 0 Å². The molecule has 152 valence electrons. The molecule has 0 aliphatic heterocycles. The molecule has 0 saturated carbocycles. The second-order valence-electron chi connectivity index (χ2n) is 6.62. The van der Waals surface area contributed by atoms with Crippen LogP contribution >= 0.6 is 11.8 Å². The minimum absolute atomic E-state index is 0.0459. The van der Waals surface area contributed by atoms with Crippen molar-refractivity contribution >= 4 is 17.5 Å². The minimum Gasteiger partial charge on any atom is -0.493 e. The second kappa shape index (κ2) is 9.62. The number of imidazole rings is 1. The van der Waals surface area contributed by atoms with Crippen molar-refractivity contribution in [2.24, 2.45) is 0 Å². The van der Waals surface area contributed by atoms with E-state index in [-0.39, 0.29) is 12.4 Å². The Morgan fingerprint density at radius 2 is 2.07 bits per heavy atom. The number of rotatable bonds is 9. The lowest BCUT2D eigenvalue weighted by Crippen LogP contribution is -2.20. The van der Waals surface area contributed by atoms with Crippen LogP contribution in [0.25, 0.3) is 5.69 Å². The van der Waals surface area contributed by atoms with Gasteiger partial charge in [0.2, 0.25) is 0 Å². The standard InChI is InChI=1S/C22H24N2O4S/c1-15-5-4-6-18(11-15)24-10-9-23-22(24)29-14-19(26)13-28-20-8-7-17(16(2)25)12-21(20)27-3/h4-12,19,26H,13-14H2,1-3H3. The molecular weight excluding hydrogens is 388 g/mol. The maximum atomic E-state index is 11.5. The highest BCUT2D eigenvalue weighted by molar-refractivity contribution is 7.99. The SMILES string of the molecule is COc1cc(C(C)=O)ccc1OCC(O)CSc1nccn1-c1cccc(C)c1. The summed E-state index contributed by atoms with van der Waals surface area (Å²) in [5.74, 6) is 1.34. The average Bonchev–Trinajstić information content (AvgIpc) is 3.19. The Morgan fingerprint density at radius 1 is 1.24 bits per heavy atom. The van der Waals surface area contributed by atoms with E-state index in [0.717, 1.165) is 10.8 Å². The van der Waals surface area contributed by atoms with Gasteiger partial charge in [0, 0.05) is 29.4 Å². The summed E-state index contributed by atoms with van der Waals surface area (Å²) in [4.78, 5) is 15.9. The highest BCUT2D eigenvalue weighted by atomic mass is 32.2. The molecule has 0 aliphatic carbocycles. The predicted octanol–water partition coefficient (Wildman–Crippen LogP) is 3.92. The monoisotopic (exact) mass is 412 g/mol. The molecule has 1 heterocycles. The first-order valence-corrected chi connectivity index (χ1v) is 10.2. The summed E-state index contributed by atoms with van der Waals surface area (Å²) in [6.07, 6.45) is 2.95. The zero-order valence-corrected chi connectivity index (χ0v) is 17.5. The highest BCUT2D eigenvalue weighted by Gasteiger charge is 2.13. The highest BCUT2D eigenvalue weighted by Crippen LogP contribution is 2.29. The van der Waals surface area contributed by atoms with E-state index in [1.807, 2.05) is 35.9 Å². The van der Waals surface area contributed by atoms with Crippen molar-refractivity contribution in [3.63, 3.8) is 0 Å². The van der Waals surface area contributed by atoms with Crippen LogP contribution < -0.4 is 9.47 Å². The number of hydrogen-bond donors (Lipinski definition) is 1. The van der Waals surface area contributed by atoms with Crippen molar-refractivity contribution in [3.05, 3.63) is 66.0 Å². The van der Waals surface area contributed by atoms with Crippen LogP contribution in [0.3, 0.4) is 0 Å². The fraction of sp³-hybridized carbons (Fsp3) is 0.273. The molecule has 1 N–H and O–H groups in total. The van der Waals surface area contributed by atoms with Crippen molar-refractivity contribution in [1.82, 2.24) is 9.55 Å². The fourth-order valence-electron chi connectivity index (χ4n) is 2.78. The molecule has 0 amide bonds. The molecule has 0 bridgehead atoms. The number of carbonyl (C=O) groups excluding carboxylic acids is 1. The van der Waals surface area contributed by atoms with Crippen molar-refractivity contribution < 1.29 is 19.4 Å². The number of hydrogen-bond acceptors (Lipinski definition) is 6. The second-order valence-corrected chi connectivity index (χ2v) is 7.60. The summed E-state index contributed by atoms with van der Waals surface area (Å²) in [5.41, 5.74) is 2.75. The van der Waals surface area contributed by atoms with Crippen LogP contribution in [0, 0.1) is 6.92 Å². The maximum Gasteiger partial charge on any atom is 0.172 e. The molecule has 0 radical (unpaired) electrons. The third-order valence-corrected chi connectivity index (χ3v) is 5.40. The van der Waals surface area contributed by atoms with E-state index >= 15 is 0 Å². The first-order valence-electron chi connectivity index (χ1n) is 9.21. The van der Waals surface area contributed by atoms with Gasteiger partial charge in [-0.3, -0.25) is 9.36 Å². The number of aliphatic hydroxyl groups excluding tert-OH is 1. The first kappa shape index (κ1) is 21.0. The lowest BCUT2D eigenvalue weighted by atomic mass is 10.1. The fourth-order valence-corrected chi connectivity index (χ4v) is 3.66. The van der Waals surface area contributed by atoms with Gasteiger partial charge in [-0.25, -0.2) is 4.98 Å².